The first kappa shape index (κ1) is 15.4. The smallest absolute Gasteiger partial charge is 0.256 e. The van der Waals surface area contributed by atoms with E-state index in [-0.39, 0.29) is 16.9 Å². The number of hydrogen-bond donors (Lipinski definition) is 0. The standard InChI is InChI=1S/C16H22FN3O2/c1-19-7-8-22-12-16(10-19)4-2-6-20(11-16)15(21)13-3-5-18-9-14(13)17/h3,5,9H,2,4,6-8,10-12H2,1H3/t16-/m0/s1. The topological polar surface area (TPSA) is 45.7 Å². The molecule has 120 valence electrons. The lowest BCUT2D eigenvalue weighted by Gasteiger charge is -2.43. The van der Waals surface area contributed by atoms with Crippen LogP contribution < -0.4 is 0 Å². The largest absolute Gasteiger partial charge is 0.379 e. The number of aromatic nitrogens is 1. The molecule has 0 aliphatic carbocycles. The molecular weight excluding hydrogens is 285 g/mol. The minimum Gasteiger partial charge on any atom is -0.379 e. The molecule has 0 unspecified atom stereocenters. The highest BCUT2D eigenvalue weighted by Gasteiger charge is 2.40. The summed E-state index contributed by atoms with van der Waals surface area (Å²) in [4.78, 5) is 20.3. The van der Waals surface area contributed by atoms with Gasteiger partial charge in [0.05, 0.1) is 25.0 Å². The third-order valence-corrected chi connectivity index (χ3v) is 4.58. The molecule has 2 aliphatic rings. The van der Waals surface area contributed by atoms with E-state index < -0.39 is 5.82 Å². The number of halogens is 1. The van der Waals surface area contributed by atoms with Gasteiger partial charge in [-0.2, -0.15) is 0 Å². The van der Waals surface area contributed by atoms with Crippen molar-refractivity contribution in [1.29, 1.82) is 0 Å². The third-order valence-electron chi connectivity index (χ3n) is 4.58. The number of pyridine rings is 1. The summed E-state index contributed by atoms with van der Waals surface area (Å²) < 4.78 is 19.6. The van der Waals surface area contributed by atoms with E-state index in [4.69, 9.17) is 4.74 Å². The van der Waals surface area contributed by atoms with Crippen molar-refractivity contribution in [3.63, 3.8) is 0 Å². The van der Waals surface area contributed by atoms with Crippen molar-refractivity contribution in [1.82, 2.24) is 14.8 Å². The quantitative estimate of drug-likeness (QED) is 0.787. The molecule has 1 spiro atoms. The highest BCUT2D eigenvalue weighted by Crippen LogP contribution is 2.33. The monoisotopic (exact) mass is 307 g/mol. The van der Waals surface area contributed by atoms with E-state index in [9.17, 15) is 9.18 Å². The lowest BCUT2D eigenvalue weighted by atomic mass is 9.80. The van der Waals surface area contributed by atoms with Crippen LogP contribution in [0.25, 0.3) is 0 Å². The number of piperidine rings is 1. The highest BCUT2D eigenvalue weighted by molar-refractivity contribution is 5.94. The number of nitrogens with zero attached hydrogens (tertiary/aromatic N) is 3. The van der Waals surface area contributed by atoms with Gasteiger partial charge in [-0.15, -0.1) is 0 Å². The van der Waals surface area contributed by atoms with Gasteiger partial charge < -0.3 is 14.5 Å². The maximum Gasteiger partial charge on any atom is 0.256 e. The first-order chi connectivity index (χ1) is 10.6. The Morgan fingerprint density at radius 3 is 3.09 bits per heavy atom. The van der Waals surface area contributed by atoms with Crippen LogP contribution in [-0.2, 0) is 4.74 Å². The zero-order chi connectivity index (χ0) is 15.6. The van der Waals surface area contributed by atoms with Gasteiger partial charge in [0.15, 0.2) is 5.82 Å². The van der Waals surface area contributed by atoms with E-state index in [0.717, 1.165) is 38.7 Å². The number of amides is 1. The molecule has 2 saturated heterocycles. The van der Waals surface area contributed by atoms with Crippen LogP contribution in [0.5, 0.6) is 0 Å². The number of likely N-dealkylation sites (N-methyl/N-ethyl adjacent to an activating group) is 1. The molecule has 0 N–H and O–H groups in total. The van der Waals surface area contributed by atoms with E-state index in [0.29, 0.717) is 19.7 Å². The fourth-order valence-electron chi connectivity index (χ4n) is 3.55. The molecule has 0 aromatic carbocycles. The van der Waals surface area contributed by atoms with Gasteiger partial charge in [0.25, 0.3) is 5.91 Å². The summed E-state index contributed by atoms with van der Waals surface area (Å²) in [5, 5.41) is 0. The molecule has 1 atom stereocenters. The first-order valence-corrected chi connectivity index (χ1v) is 7.75. The molecule has 5 nitrogen and oxygen atoms in total. The Bertz CT molecular complexity index is 554. The predicted molar refractivity (Wildman–Crippen MR) is 80.1 cm³/mol. The van der Waals surface area contributed by atoms with Crippen molar-refractivity contribution in [2.75, 3.05) is 46.4 Å². The van der Waals surface area contributed by atoms with Gasteiger partial charge >= 0.3 is 0 Å². The molecule has 2 fully saturated rings. The van der Waals surface area contributed by atoms with Crippen molar-refractivity contribution in [3.05, 3.63) is 29.8 Å². The Labute approximate surface area is 130 Å². The van der Waals surface area contributed by atoms with Crippen LogP contribution in [0.2, 0.25) is 0 Å². The average molecular weight is 307 g/mol. The number of carbonyl (C=O) groups excluding carboxylic acids is 1. The third kappa shape index (κ3) is 3.13. The molecule has 0 saturated carbocycles. The summed E-state index contributed by atoms with van der Waals surface area (Å²) in [5.74, 6) is -0.799. The van der Waals surface area contributed by atoms with Crippen molar-refractivity contribution in [2.24, 2.45) is 5.41 Å². The van der Waals surface area contributed by atoms with E-state index in [1.807, 2.05) is 0 Å². The lowest BCUT2D eigenvalue weighted by Crippen LogP contribution is -2.51. The van der Waals surface area contributed by atoms with Crippen LogP contribution in [0.4, 0.5) is 4.39 Å². The van der Waals surface area contributed by atoms with Gasteiger partial charge in [0.2, 0.25) is 0 Å². The fourth-order valence-corrected chi connectivity index (χ4v) is 3.55. The minimum atomic E-state index is -0.554. The molecule has 1 aromatic heterocycles. The second-order valence-corrected chi connectivity index (χ2v) is 6.48. The normalized spacial score (nSPS) is 26.9. The molecule has 1 aromatic rings. The van der Waals surface area contributed by atoms with Gasteiger partial charge in [-0.3, -0.25) is 9.78 Å². The first-order valence-electron chi connectivity index (χ1n) is 7.75. The summed E-state index contributed by atoms with van der Waals surface area (Å²) in [6, 6.07) is 1.45. The molecule has 3 heterocycles. The predicted octanol–water partition coefficient (Wildman–Crippen LogP) is 1.41. The summed E-state index contributed by atoms with van der Waals surface area (Å²) in [6.45, 7) is 4.51. The zero-order valence-corrected chi connectivity index (χ0v) is 12.9. The maximum atomic E-state index is 13.8. The van der Waals surface area contributed by atoms with Crippen molar-refractivity contribution >= 4 is 5.91 Å². The minimum absolute atomic E-state index is 0.0390. The average Bonchev–Trinajstić information content (AvgIpc) is 2.68. The highest BCUT2D eigenvalue weighted by atomic mass is 19.1. The Kier molecular flexibility index (Phi) is 4.40. The van der Waals surface area contributed by atoms with Crippen LogP contribution in [0.1, 0.15) is 23.2 Å². The van der Waals surface area contributed by atoms with Gasteiger partial charge in [-0.1, -0.05) is 0 Å². The number of hydrogen-bond acceptors (Lipinski definition) is 4. The van der Waals surface area contributed by atoms with Gasteiger partial charge in [0.1, 0.15) is 0 Å². The Hall–Kier alpha value is -1.53. The Morgan fingerprint density at radius 1 is 1.41 bits per heavy atom. The number of ether oxygens (including phenoxy) is 1. The van der Waals surface area contributed by atoms with Gasteiger partial charge in [-0.25, -0.2) is 4.39 Å². The van der Waals surface area contributed by atoms with Gasteiger partial charge in [-0.05, 0) is 26.0 Å². The Balaban J connectivity index is 1.78. The fraction of sp³-hybridized carbons (Fsp3) is 0.625. The summed E-state index contributed by atoms with van der Waals surface area (Å²) in [7, 11) is 2.08. The summed E-state index contributed by atoms with van der Waals surface area (Å²) in [5.41, 5.74) is 0.0674. The SMILES string of the molecule is CN1CCOC[C@@]2(CCCN(C(=O)c3ccncc3F)C2)C1. The van der Waals surface area contributed by atoms with Crippen LogP contribution in [-0.4, -0.2) is 67.1 Å². The second kappa shape index (κ2) is 6.30. The molecule has 3 rings (SSSR count). The molecular formula is C16H22FN3O2. The molecule has 22 heavy (non-hydrogen) atoms. The molecule has 6 heteroatoms. The molecule has 2 aliphatic heterocycles. The Morgan fingerprint density at radius 2 is 2.27 bits per heavy atom. The van der Waals surface area contributed by atoms with E-state index in [1.165, 1.54) is 12.3 Å². The molecule has 0 bridgehead atoms. The lowest BCUT2D eigenvalue weighted by molar-refractivity contribution is 0.00842. The van der Waals surface area contributed by atoms with Crippen LogP contribution in [0.15, 0.2) is 18.5 Å². The zero-order valence-electron chi connectivity index (χ0n) is 12.9. The van der Waals surface area contributed by atoms with E-state index in [1.54, 1.807) is 4.90 Å². The number of likely N-dealkylation sites (tertiary alicyclic amines) is 1. The number of rotatable bonds is 1. The van der Waals surface area contributed by atoms with Crippen LogP contribution in [0, 0.1) is 11.2 Å². The maximum absolute atomic E-state index is 13.8. The van der Waals surface area contributed by atoms with Crippen molar-refractivity contribution < 1.29 is 13.9 Å². The van der Waals surface area contributed by atoms with Crippen molar-refractivity contribution in [2.45, 2.75) is 12.8 Å². The van der Waals surface area contributed by atoms with Crippen LogP contribution >= 0.6 is 0 Å². The summed E-state index contributed by atoms with van der Waals surface area (Å²) in [6.07, 6.45) is 4.52. The van der Waals surface area contributed by atoms with Crippen LogP contribution in [0.3, 0.4) is 0 Å². The second-order valence-electron chi connectivity index (χ2n) is 6.48. The van der Waals surface area contributed by atoms with E-state index in [2.05, 4.69) is 16.9 Å². The van der Waals surface area contributed by atoms with Gasteiger partial charge in [0, 0.05) is 37.8 Å². The molecule has 1 amide bonds. The molecule has 0 radical (unpaired) electrons. The van der Waals surface area contributed by atoms with E-state index >= 15 is 0 Å². The number of carbonyl (C=O) groups is 1. The van der Waals surface area contributed by atoms with Crippen molar-refractivity contribution in [3.8, 4) is 0 Å². The summed E-state index contributed by atoms with van der Waals surface area (Å²) >= 11 is 0.